The Labute approximate surface area is 177 Å². The molecular formula is C25H18F3NO2. The smallest absolute Gasteiger partial charge is 0.416 e. The minimum atomic E-state index is -4.44. The Morgan fingerprint density at radius 2 is 1.52 bits per heavy atom. The van der Waals surface area contributed by atoms with Gasteiger partial charge in [0.05, 0.1) is 16.8 Å². The van der Waals surface area contributed by atoms with Gasteiger partial charge in [-0.15, -0.1) is 0 Å². The Bertz CT molecular complexity index is 1260. The highest BCUT2D eigenvalue weighted by molar-refractivity contribution is 5.88. The molecule has 0 spiro atoms. The molecule has 156 valence electrons. The summed E-state index contributed by atoms with van der Waals surface area (Å²) < 4.78 is 41.6. The second kappa shape index (κ2) is 7.80. The van der Waals surface area contributed by atoms with Crippen LogP contribution >= 0.6 is 0 Å². The summed E-state index contributed by atoms with van der Waals surface area (Å²) in [7, 11) is 0. The molecule has 0 fully saturated rings. The maximum atomic E-state index is 13.3. The highest BCUT2D eigenvalue weighted by Crippen LogP contribution is 2.37. The van der Waals surface area contributed by atoms with E-state index in [0.717, 1.165) is 23.4 Å². The third kappa shape index (κ3) is 3.97. The lowest BCUT2D eigenvalue weighted by molar-refractivity contribution is -0.137. The van der Waals surface area contributed by atoms with Crippen molar-refractivity contribution in [2.24, 2.45) is 0 Å². The molecule has 0 saturated heterocycles. The molecule has 1 aromatic heterocycles. The van der Waals surface area contributed by atoms with Gasteiger partial charge in [-0.3, -0.25) is 0 Å². The van der Waals surface area contributed by atoms with Crippen LogP contribution in [0.25, 0.3) is 28.1 Å². The average Bonchev–Trinajstić information content (AvgIpc) is 3.11. The van der Waals surface area contributed by atoms with Crippen LogP contribution < -0.4 is 0 Å². The fourth-order valence-corrected chi connectivity index (χ4v) is 3.69. The number of carboxylic acids is 1. The van der Waals surface area contributed by atoms with Gasteiger partial charge in [-0.2, -0.15) is 13.2 Å². The first-order valence-electron chi connectivity index (χ1n) is 9.55. The van der Waals surface area contributed by atoms with Crippen LogP contribution in [0, 0.1) is 6.92 Å². The third-order valence-corrected chi connectivity index (χ3v) is 5.17. The zero-order valence-corrected chi connectivity index (χ0v) is 16.5. The van der Waals surface area contributed by atoms with Crippen LogP contribution in [0.5, 0.6) is 0 Å². The monoisotopic (exact) mass is 421 g/mol. The van der Waals surface area contributed by atoms with Crippen LogP contribution in [-0.4, -0.2) is 15.6 Å². The van der Waals surface area contributed by atoms with Gasteiger partial charge >= 0.3 is 12.1 Å². The van der Waals surface area contributed by atoms with Crippen LogP contribution in [0.2, 0.25) is 0 Å². The minimum Gasteiger partial charge on any atom is -0.478 e. The first kappa shape index (κ1) is 20.5. The molecule has 0 saturated carbocycles. The molecule has 4 aromatic rings. The number of carboxylic acid groups (broad SMARTS) is 1. The predicted molar refractivity (Wildman–Crippen MR) is 113 cm³/mol. The van der Waals surface area contributed by atoms with E-state index in [-0.39, 0.29) is 5.56 Å². The number of hydrogen-bond donors (Lipinski definition) is 1. The van der Waals surface area contributed by atoms with E-state index in [2.05, 4.69) is 0 Å². The van der Waals surface area contributed by atoms with Crippen molar-refractivity contribution in [3.05, 3.63) is 102 Å². The predicted octanol–water partition coefficient (Wildman–Crippen LogP) is 6.84. The summed E-state index contributed by atoms with van der Waals surface area (Å²) in [6.45, 7) is 1.81. The number of aromatic nitrogens is 1. The van der Waals surface area contributed by atoms with E-state index < -0.39 is 17.7 Å². The van der Waals surface area contributed by atoms with Gasteiger partial charge in [0.1, 0.15) is 0 Å². The van der Waals surface area contributed by atoms with Gasteiger partial charge in [-0.1, -0.05) is 48.5 Å². The second-order valence-corrected chi connectivity index (χ2v) is 7.16. The Balaban J connectivity index is 1.97. The second-order valence-electron chi connectivity index (χ2n) is 7.16. The van der Waals surface area contributed by atoms with Crippen molar-refractivity contribution in [1.82, 2.24) is 4.57 Å². The molecule has 0 aliphatic carbocycles. The number of carbonyl (C=O) groups is 1. The molecule has 3 nitrogen and oxygen atoms in total. The van der Waals surface area contributed by atoms with E-state index in [4.69, 9.17) is 0 Å². The van der Waals surface area contributed by atoms with Gasteiger partial charge in [-0.25, -0.2) is 4.79 Å². The Hall–Kier alpha value is -3.80. The zero-order chi connectivity index (χ0) is 22.2. The molecule has 0 radical (unpaired) electrons. The SMILES string of the molecule is Cc1c(-c2cccc(C(F)(F)F)c2)cc(-c2ccccc2)n1-c1cccc(C(=O)O)c1. The number of rotatable bonds is 4. The molecule has 1 heterocycles. The Morgan fingerprint density at radius 3 is 2.19 bits per heavy atom. The largest absolute Gasteiger partial charge is 0.478 e. The summed E-state index contributed by atoms with van der Waals surface area (Å²) in [5.74, 6) is -1.05. The fourth-order valence-electron chi connectivity index (χ4n) is 3.69. The first-order valence-corrected chi connectivity index (χ1v) is 9.55. The number of alkyl halides is 3. The van der Waals surface area contributed by atoms with E-state index >= 15 is 0 Å². The van der Waals surface area contributed by atoms with E-state index in [1.54, 1.807) is 24.3 Å². The molecule has 0 atom stereocenters. The van der Waals surface area contributed by atoms with Crippen molar-refractivity contribution in [2.45, 2.75) is 13.1 Å². The molecule has 6 heteroatoms. The van der Waals surface area contributed by atoms with Crippen molar-refractivity contribution in [3.63, 3.8) is 0 Å². The Kier molecular flexibility index (Phi) is 5.15. The van der Waals surface area contributed by atoms with Gasteiger partial charge < -0.3 is 9.67 Å². The minimum absolute atomic E-state index is 0.130. The maximum absolute atomic E-state index is 13.3. The van der Waals surface area contributed by atoms with Gasteiger partial charge in [0.15, 0.2) is 0 Å². The van der Waals surface area contributed by atoms with Crippen LogP contribution in [0.4, 0.5) is 13.2 Å². The first-order chi connectivity index (χ1) is 14.8. The number of nitrogens with zero attached hydrogens (tertiary/aromatic N) is 1. The molecule has 3 aromatic carbocycles. The summed E-state index contributed by atoms with van der Waals surface area (Å²) in [6.07, 6.45) is -4.44. The van der Waals surface area contributed by atoms with Crippen LogP contribution in [0.15, 0.2) is 84.9 Å². The quantitative estimate of drug-likeness (QED) is 0.392. The molecule has 0 bridgehead atoms. The Morgan fingerprint density at radius 1 is 0.839 bits per heavy atom. The van der Waals surface area contributed by atoms with Gasteiger partial charge in [-0.05, 0) is 54.4 Å². The average molecular weight is 421 g/mol. The molecule has 4 rings (SSSR count). The van der Waals surface area contributed by atoms with E-state index in [1.165, 1.54) is 12.1 Å². The maximum Gasteiger partial charge on any atom is 0.416 e. The standard InChI is InChI=1S/C25H18F3NO2/c1-16-22(18-9-5-11-20(13-18)25(26,27)28)15-23(17-7-3-2-4-8-17)29(16)21-12-6-10-19(14-21)24(30)31/h2-15H,1H3,(H,30,31). The third-order valence-electron chi connectivity index (χ3n) is 5.17. The topological polar surface area (TPSA) is 42.2 Å². The highest BCUT2D eigenvalue weighted by atomic mass is 19.4. The molecular weight excluding hydrogens is 403 g/mol. The van der Waals surface area contributed by atoms with Crippen LogP contribution in [0.1, 0.15) is 21.6 Å². The fraction of sp³-hybridized carbons (Fsp3) is 0.0800. The number of aromatic carboxylic acids is 1. The summed E-state index contributed by atoms with van der Waals surface area (Å²) in [4.78, 5) is 11.5. The van der Waals surface area contributed by atoms with E-state index in [1.807, 2.05) is 47.9 Å². The lowest BCUT2D eigenvalue weighted by Crippen LogP contribution is -2.04. The van der Waals surface area contributed by atoms with Gasteiger partial charge in [0, 0.05) is 16.9 Å². The van der Waals surface area contributed by atoms with Crippen molar-refractivity contribution in [3.8, 4) is 28.1 Å². The number of halogens is 3. The van der Waals surface area contributed by atoms with Gasteiger partial charge in [0.25, 0.3) is 0 Å². The zero-order valence-electron chi connectivity index (χ0n) is 16.5. The van der Waals surface area contributed by atoms with Crippen molar-refractivity contribution >= 4 is 5.97 Å². The molecule has 0 aliphatic rings. The lowest BCUT2D eigenvalue weighted by atomic mass is 10.0. The van der Waals surface area contributed by atoms with Crippen LogP contribution in [0.3, 0.4) is 0 Å². The van der Waals surface area contributed by atoms with Gasteiger partial charge in [0.2, 0.25) is 0 Å². The molecule has 1 N–H and O–H groups in total. The van der Waals surface area contributed by atoms with Crippen LogP contribution in [-0.2, 0) is 6.18 Å². The number of benzene rings is 3. The lowest BCUT2D eigenvalue weighted by Gasteiger charge is -2.13. The van der Waals surface area contributed by atoms with E-state index in [0.29, 0.717) is 22.5 Å². The molecule has 0 unspecified atom stereocenters. The number of hydrogen-bond acceptors (Lipinski definition) is 1. The highest BCUT2D eigenvalue weighted by Gasteiger charge is 2.30. The molecule has 0 aliphatic heterocycles. The summed E-state index contributed by atoms with van der Waals surface area (Å²) in [6, 6.07) is 23.0. The molecule has 0 amide bonds. The summed E-state index contributed by atoms with van der Waals surface area (Å²) in [5, 5.41) is 9.39. The molecule has 31 heavy (non-hydrogen) atoms. The van der Waals surface area contributed by atoms with Crippen molar-refractivity contribution < 1.29 is 23.1 Å². The van der Waals surface area contributed by atoms with Crippen molar-refractivity contribution in [2.75, 3.05) is 0 Å². The van der Waals surface area contributed by atoms with Crippen molar-refractivity contribution in [1.29, 1.82) is 0 Å². The van der Waals surface area contributed by atoms with E-state index in [9.17, 15) is 23.1 Å². The summed E-state index contributed by atoms with van der Waals surface area (Å²) in [5.41, 5.74) is 3.45. The summed E-state index contributed by atoms with van der Waals surface area (Å²) >= 11 is 0. The normalized spacial score (nSPS) is 11.5.